The monoisotopic (exact) mass is 340 g/mol. The van der Waals surface area contributed by atoms with E-state index in [1.54, 1.807) is 6.07 Å². The zero-order valence-corrected chi connectivity index (χ0v) is 10.7. The summed E-state index contributed by atoms with van der Waals surface area (Å²) in [6, 6.07) is 1.69. The molecule has 0 saturated heterocycles. The minimum absolute atomic E-state index is 0.114. The number of nitrogens with zero attached hydrogens (tertiary/aromatic N) is 1. The third-order valence-electron chi connectivity index (χ3n) is 1.90. The van der Waals surface area contributed by atoms with Crippen molar-refractivity contribution in [2.45, 2.75) is 24.0 Å². The maximum atomic E-state index is 11.2. The van der Waals surface area contributed by atoms with Crippen molar-refractivity contribution in [3.05, 3.63) is 15.8 Å². The Bertz CT molecular complexity index is 485. The highest BCUT2D eigenvalue weighted by atomic mass is 127. The van der Waals surface area contributed by atoms with Gasteiger partial charge in [-0.3, -0.25) is 0 Å². The Labute approximate surface area is 101 Å². The van der Waals surface area contributed by atoms with E-state index in [4.69, 9.17) is 9.88 Å². The highest BCUT2D eigenvalue weighted by Gasteiger charge is 2.28. The van der Waals surface area contributed by atoms with E-state index in [9.17, 15) is 8.42 Å². The van der Waals surface area contributed by atoms with Crippen LogP contribution >= 0.6 is 22.6 Å². The molecule has 0 amide bonds. The van der Waals surface area contributed by atoms with E-state index in [2.05, 4.69) is 4.98 Å². The molecule has 2 N–H and O–H groups in total. The first-order valence-corrected chi connectivity index (χ1v) is 6.95. The van der Waals surface area contributed by atoms with Crippen molar-refractivity contribution < 1.29 is 13.2 Å². The smallest absolute Gasteiger partial charge is 0.259 e. The minimum Gasteiger partial charge on any atom is -0.486 e. The molecule has 2 rings (SSSR count). The molecule has 0 radical (unpaired) electrons. The van der Waals surface area contributed by atoms with Crippen molar-refractivity contribution >= 4 is 32.6 Å². The fourth-order valence-electron chi connectivity index (χ4n) is 1.07. The minimum atomic E-state index is -3.81. The maximum absolute atomic E-state index is 11.2. The molecule has 0 aliphatic heterocycles. The van der Waals surface area contributed by atoms with Crippen molar-refractivity contribution in [1.29, 1.82) is 0 Å². The van der Waals surface area contributed by atoms with Crippen LogP contribution in [-0.2, 0) is 10.0 Å². The van der Waals surface area contributed by atoms with E-state index in [1.165, 1.54) is 6.20 Å². The van der Waals surface area contributed by atoms with Gasteiger partial charge in [0.15, 0.2) is 5.75 Å². The second-order valence-corrected chi connectivity index (χ2v) is 5.93. The summed E-state index contributed by atoms with van der Waals surface area (Å²) in [5, 5.41) is 4.87. The van der Waals surface area contributed by atoms with Crippen molar-refractivity contribution in [3.8, 4) is 5.75 Å². The van der Waals surface area contributed by atoms with Crippen LogP contribution in [0.25, 0.3) is 0 Å². The van der Waals surface area contributed by atoms with Crippen LogP contribution in [0, 0.1) is 3.57 Å². The van der Waals surface area contributed by atoms with Crippen LogP contribution < -0.4 is 9.88 Å². The lowest BCUT2D eigenvalue weighted by Gasteiger charge is -2.09. The third kappa shape index (κ3) is 2.58. The quantitative estimate of drug-likeness (QED) is 0.828. The second-order valence-electron chi connectivity index (χ2n) is 3.29. The Balaban J connectivity index is 2.47. The van der Waals surface area contributed by atoms with Crippen LogP contribution in [0.2, 0.25) is 0 Å². The van der Waals surface area contributed by atoms with E-state index in [-0.39, 0.29) is 16.9 Å². The van der Waals surface area contributed by atoms with E-state index in [0.29, 0.717) is 3.57 Å². The molecule has 1 aromatic rings. The summed E-state index contributed by atoms with van der Waals surface area (Å²) < 4.78 is 28.7. The van der Waals surface area contributed by atoms with Crippen molar-refractivity contribution in [2.75, 3.05) is 0 Å². The van der Waals surface area contributed by atoms with Gasteiger partial charge in [-0.2, -0.15) is 0 Å². The van der Waals surface area contributed by atoms with Gasteiger partial charge in [-0.1, -0.05) is 0 Å². The standard InChI is InChI=1S/C8H9IN2O3S/c9-6-3-4-11-8(15(10,12)13)7(6)14-5-1-2-5/h3-5H,1-2H2,(H2,10,12,13). The summed E-state index contributed by atoms with van der Waals surface area (Å²) in [6.07, 6.45) is 3.42. The van der Waals surface area contributed by atoms with E-state index >= 15 is 0 Å². The number of ether oxygens (including phenoxy) is 1. The van der Waals surface area contributed by atoms with Gasteiger partial charge in [-0.15, -0.1) is 0 Å². The van der Waals surface area contributed by atoms with Crippen molar-refractivity contribution in [1.82, 2.24) is 4.98 Å². The number of hydrogen-bond acceptors (Lipinski definition) is 4. The van der Waals surface area contributed by atoms with Gasteiger partial charge in [-0.05, 0) is 41.5 Å². The molecule has 0 unspecified atom stereocenters. The number of pyridine rings is 1. The van der Waals surface area contributed by atoms with E-state index in [1.807, 2.05) is 22.6 Å². The summed E-state index contributed by atoms with van der Waals surface area (Å²) in [4.78, 5) is 3.75. The predicted molar refractivity (Wildman–Crippen MR) is 62.0 cm³/mol. The highest BCUT2D eigenvalue weighted by Crippen LogP contribution is 2.33. The Hall–Kier alpha value is -0.410. The predicted octanol–water partition coefficient (Wildman–Crippen LogP) is 0.875. The lowest BCUT2D eigenvalue weighted by Crippen LogP contribution is -2.16. The topological polar surface area (TPSA) is 82.3 Å². The maximum Gasteiger partial charge on any atom is 0.259 e. The van der Waals surface area contributed by atoms with Crippen molar-refractivity contribution in [2.24, 2.45) is 5.14 Å². The molecular weight excluding hydrogens is 331 g/mol. The fraction of sp³-hybridized carbons (Fsp3) is 0.375. The molecule has 15 heavy (non-hydrogen) atoms. The number of nitrogens with two attached hydrogens (primary N) is 1. The Morgan fingerprint density at radius 1 is 1.53 bits per heavy atom. The van der Waals surface area contributed by atoms with Crippen LogP contribution in [0.3, 0.4) is 0 Å². The molecule has 5 nitrogen and oxygen atoms in total. The zero-order valence-electron chi connectivity index (χ0n) is 7.68. The summed E-state index contributed by atoms with van der Waals surface area (Å²) in [5.41, 5.74) is 0. The third-order valence-corrected chi connectivity index (χ3v) is 3.58. The van der Waals surface area contributed by atoms with E-state index in [0.717, 1.165) is 12.8 Å². The molecule has 82 valence electrons. The van der Waals surface area contributed by atoms with Crippen molar-refractivity contribution in [3.63, 3.8) is 0 Å². The molecule has 0 spiro atoms. The van der Waals surface area contributed by atoms with Gasteiger partial charge in [0, 0.05) is 6.20 Å². The molecule has 1 saturated carbocycles. The number of halogens is 1. The molecule has 0 bridgehead atoms. The average molecular weight is 340 g/mol. The van der Waals surface area contributed by atoms with Gasteiger partial charge in [0.05, 0.1) is 9.67 Å². The lowest BCUT2D eigenvalue weighted by molar-refractivity contribution is 0.290. The van der Waals surface area contributed by atoms with Crippen LogP contribution in [0.15, 0.2) is 17.3 Å². The first kappa shape index (κ1) is 11.1. The Morgan fingerprint density at radius 2 is 2.20 bits per heavy atom. The fourth-order valence-corrected chi connectivity index (χ4v) is 2.42. The van der Waals surface area contributed by atoms with Gasteiger partial charge in [0.1, 0.15) is 0 Å². The molecule has 7 heteroatoms. The van der Waals surface area contributed by atoms with Gasteiger partial charge in [0.2, 0.25) is 5.03 Å². The van der Waals surface area contributed by atoms with Gasteiger partial charge < -0.3 is 4.74 Å². The van der Waals surface area contributed by atoms with Crippen LogP contribution in [0.4, 0.5) is 0 Å². The summed E-state index contributed by atoms with van der Waals surface area (Å²) in [7, 11) is -3.81. The molecule has 1 heterocycles. The first-order chi connectivity index (χ1) is 6.98. The number of hydrogen-bond donors (Lipinski definition) is 1. The SMILES string of the molecule is NS(=O)(=O)c1nccc(I)c1OC1CC1. The Kier molecular flexibility index (Phi) is 2.86. The summed E-state index contributed by atoms with van der Waals surface area (Å²) in [6.45, 7) is 0. The van der Waals surface area contributed by atoms with Crippen LogP contribution in [0.5, 0.6) is 5.75 Å². The molecule has 1 aliphatic rings. The number of aromatic nitrogens is 1. The van der Waals surface area contributed by atoms with Gasteiger partial charge in [-0.25, -0.2) is 18.5 Å². The first-order valence-electron chi connectivity index (χ1n) is 4.32. The van der Waals surface area contributed by atoms with Crippen LogP contribution in [-0.4, -0.2) is 19.5 Å². The molecule has 0 aromatic carbocycles. The highest BCUT2D eigenvalue weighted by molar-refractivity contribution is 14.1. The van der Waals surface area contributed by atoms with Crippen LogP contribution in [0.1, 0.15) is 12.8 Å². The molecule has 0 atom stereocenters. The summed E-state index contributed by atoms with van der Waals surface area (Å²) >= 11 is 2.00. The van der Waals surface area contributed by atoms with E-state index < -0.39 is 10.0 Å². The zero-order chi connectivity index (χ0) is 11.1. The van der Waals surface area contributed by atoms with Gasteiger partial charge >= 0.3 is 0 Å². The molecule has 1 fully saturated rings. The number of rotatable bonds is 3. The molecule has 1 aromatic heterocycles. The Morgan fingerprint density at radius 3 is 2.73 bits per heavy atom. The molecule has 1 aliphatic carbocycles. The lowest BCUT2D eigenvalue weighted by atomic mass is 10.4. The van der Waals surface area contributed by atoms with Gasteiger partial charge in [0.25, 0.3) is 10.0 Å². The average Bonchev–Trinajstić information content (AvgIpc) is 2.90. The second kappa shape index (κ2) is 3.87. The molecular formula is C8H9IN2O3S. The number of primary sulfonamides is 1. The largest absolute Gasteiger partial charge is 0.486 e. The number of sulfonamides is 1. The normalized spacial score (nSPS) is 16.4. The summed E-state index contributed by atoms with van der Waals surface area (Å²) in [5.74, 6) is 0.281.